The van der Waals surface area contributed by atoms with Crippen LogP contribution in [0.25, 0.3) is 0 Å². The fraction of sp³-hybridized carbons (Fsp3) is 0.636. The van der Waals surface area contributed by atoms with Gasteiger partial charge < -0.3 is 15.0 Å². The molecule has 0 saturated heterocycles. The molecule has 0 amide bonds. The minimum Gasteiger partial charge on any atom is -0.470 e. The first kappa shape index (κ1) is 11.1. The van der Waals surface area contributed by atoms with Gasteiger partial charge in [0.1, 0.15) is 6.10 Å². The topological polar surface area (TPSA) is 70.1 Å². The smallest absolute Gasteiger partial charge is 0.313 e. The number of hydrogen-bond acceptors (Lipinski definition) is 4. The summed E-state index contributed by atoms with van der Waals surface area (Å²) in [4.78, 5) is 15.6. The van der Waals surface area contributed by atoms with Crippen LogP contribution in [0.5, 0.6) is 5.88 Å². The summed E-state index contributed by atoms with van der Waals surface area (Å²) in [6.45, 7) is 0. The van der Waals surface area contributed by atoms with Crippen LogP contribution in [0.3, 0.4) is 0 Å². The maximum atomic E-state index is 11.7. The van der Waals surface area contributed by atoms with E-state index in [-0.39, 0.29) is 23.6 Å². The van der Waals surface area contributed by atoms with Crippen molar-refractivity contribution in [1.82, 2.24) is 9.55 Å². The van der Waals surface area contributed by atoms with Crippen molar-refractivity contribution < 1.29 is 4.74 Å². The first-order chi connectivity index (χ1) is 7.66. The maximum Gasteiger partial charge on any atom is 0.313 e. The molecule has 1 aromatic heterocycles. The van der Waals surface area contributed by atoms with Crippen LogP contribution in [0.4, 0.5) is 0 Å². The molecule has 2 rings (SSSR count). The Hall–Kier alpha value is -1.36. The quantitative estimate of drug-likeness (QED) is 0.789. The number of aryl methyl sites for hydroxylation is 1. The Morgan fingerprint density at radius 3 is 3.12 bits per heavy atom. The molecular formula is C11H17N3O2. The lowest BCUT2D eigenvalue weighted by Gasteiger charge is -2.26. The van der Waals surface area contributed by atoms with Gasteiger partial charge in [0.05, 0.1) is 0 Å². The largest absolute Gasteiger partial charge is 0.470 e. The molecule has 1 aliphatic carbocycles. The van der Waals surface area contributed by atoms with Crippen LogP contribution < -0.4 is 16.0 Å². The van der Waals surface area contributed by atoms with Crippen LogP contribution in [-0.4, -0.2) is 21.7 Å². The molecule has 0 radical (unpaired) electrons. The lowest BCUT2D eigenvalue weighted by molar-refractivity contribution is 0.135. The summed E-state index contributed by atoms with van der Waals surface area (Å²) >= 11 is 0. The fourth-order valence-corrected chi connectivity index (χ4v) is 2.00. The van der Waals surface area contributed by atoms with Crippen molar-refractivity contribution in [3.63, 3.8) is 0 Å². The van der Waals surface area contributed by atoms with Gasteiger partial charge in [0.25, 0.3) is 5.88 Å². The van der Waals surface area contributed by atoms with Crippen LogP contribution in [0, 0.1) is 0 Å². The molecule has 1 aliphatic rings. The number of rotatable bonds is 2. The number of ether oxygens (including phenoxy) is 1. The number of aromatic nitrogens is 2. The van der Waals surface area contributed by atoms with Gasteiger partial charge in [-0.25, -0.2) is 4.98 Å². The average Bonchev–Trinajstić information content (AvgIpc) is 2.25. The van der Waals surface area contributed by atoms with E-state index in [1.54, 1.807) is 19.4 Å². The standard InChI is InChI=1S/C11H17N3O2/c1-14-6-5-13-10(11(14)15)16-9-4-2-3-8(12)7-9/h5-6,8-9H,2-4,7,12H2,1H3. The normalized spacial score (nSPS) is 25.4. The van der Waals surface area contributed by atoms with Crippen molar-refractivity contribution >= 4 is 0 Å². The highest BCUT2D eigenvalue weighted by molar-refractivity contribution is 5.05. The van der Waals surface area contributed by atoms with E-state index in [9.17, 15) is 4.79 Å². The molecule has 1 fully saturated rings. The molecule has 5 heteroatoms. The Morgan fingerprint density at radius 1 is 1.56 bits per heavy atom. The minimum absolute atomic E-state index is 0.0337. The Labute approximate surface area is 94.2 Å². The van der Waals surface area contributed by atoms with E-state index in [0.29, 0.717) is 0 Å². The molecule has 0 aromatic carbocycles. The Bertz CT molecular complexity index is 416. The summed E-state index contributed by atoms with van der Waals surface area (Å²) in [6.07, 6.45) is 7.07. The van der Waals surface area contributed by atoms with Crippen LogP contribution in [0.15, 0.2) is 17.2 Å². The SMILES string of the molecule is Cn1ccnc(OC2CCCC(N)C2)c1=O. The lowest BCUT2D eigenvalue weighted by Crippen LogP contribution is -2.35. The summed E-state index contributed by atoms with van der Waals surface area (Å²) in [7, 11) is 1.68. The molecule has 5 nitrogen and oxygen atoms in total. The summed E-state index contributed by atoms with van der Waals surface area (Å²) in [5.74, 6) is 0.184. The molecule has 88 valence electrons. The maximum absolute atomic E-state index is 11.7. The second-order valence-electron chi connectivity index (χ2n) is 4.31. The highest BCUT2D eigenvalue weighted by Crippen LogP contribution is 2.20. The predicted molar refractivity (Wildman–Crippen MR) is 60.3 cm³/mol. The molecule has 2 N–H and O–H groups in total. The zero-order valence-electron chi connectivity index (χ0n) is 9.43. The molecule has 0 aliphatic heterocycles. The van der Waals surface area contributed by atoms with Crippen molar-refractivity contribution in [2.75, 3.05) is 0 Å². The van der Waals surface area contributed by atoms with Gasteiger partial charge in [-0.1, -0.05) is 0 Å². The highest BCUT2D eigenvalue weighted by atomic mass is 16.5. The first-order valence-electron chi connectivity index (χ1n) is 5.60. The van der Waals surface area contributed by atoms with Gasteiger partial charge in [-0.2, -0.15) is 0 Å². The molecule has 16 heavy (non-hydrogen) atoms. The minimum atomic E-state index is -0.193. The first-order valence-corrected chi connectivity index (χ1v) is 5.60. The monoisotopic (exact) mass is 223 g/mol. The third kappa shape index (κ3) is 2.41. The van der Waals surface area contributed by atoms with Crippen LogP contribution in [-0.2, 0) is 7.05 Å². The van der Waals surface area contributed by atoms with E-state index in [4.69, 9.17) is 10.5 Å². The third-order valence-electron chi connectivity index (χ3n) is 2.93. The van der Waals surface area contributed by atoms with Gasteiger partial charge in [0.15, 0.2) is 0 Å². The van der Waals surface area contributed by atoms with E-state index >= 15 is 0 Å². The van der Waals surface area contributed by atoms with Gasteiger partial charge in [-0.3, -0.25) is 4.79 Å². The molecule has 0 spiro atoms. The Kier molecular flexibility index (Phi) is 3.24. The van der Waals surface area contributed by atoms with E-state index < -0.39 is 0 Å². The molecule has 0 bridgehead atoms. The molecule has 2 unspecified atom stereocenters. The van der Waals surface area contributed by atoms with Crippen molar-refractivity contribution in [3.05, 3.63) is 22.7 Å². The van der Waals surface area contributed by atoms with Gasteiger partial charge >= 0.3 is 5.56 Å². The third-order valence-corrected chi connectivity index (χ3v) is 2.93. The van der Waals surface area contributed by atoms with Crippen molar-refractivity contribution in [1.29, 1.82) is 0 Å². The van der Waals surface area contributed by atoms with Gasteiger partial charge in [0.2, 0.25) is 0 Å². The highest BCUT2D eigenvalue weighted by Gasteiger charge is 2.21. The Morgan fingerprint density at radius 2 is 2.38 bits per heavy atom. The number of nitrogens with zero attached hydrogens (tertiary/aromatic N) is 2. The van der Waals surface area contributed by atoms with Crippen LogP contribution in [0.1, 0.15) is 25.7 Å². The van der Waals surface area contributed by atoms with Crippen LogP contribution >= 0.6 is 0 Å². The van der Waals surface area contributed by atoms with Gasteiger partial charge in [-0.05, 0) is 25.7 Å². The van der Waals surface area contributed by atoms with Gasteiger partial charge in [-0.15, -0.1) is 0 Å². The van der Waals surface area contributed by atoms with E-state index in [1.165, 1.54) is 4.57 Å². The average molecular weight is 223 g/mol. The molecule has 2 atom stereocenters. The van der Waals surface area contributed by atoms with E-state index in [2.05, 4.69) is 4.98 Å². The molecule has 1 aromatic rings. The zero-order chi connectivity index (χ0) is 11.5. The summed E-state index contributed by atoms with van der Waals surface area (Å²) in [6, 6.07) is 0.186. The second kappa shape index (κ2) is 4.65. The predicted octanol–water partition coefficient (Wildman–Crippen LogP) is 0.429. The molecule has 1 heterocycles. The fourth-order valence-electron chi connectivity index (χ4n) is 2.00. The summed E-state index contributed by atoms with van der Waals surface area (Å²) < 4.78 is 7.08. The second-order valence-corrected chi connectivity index (χ2v) is 4.31. The number of hydrogen-bond donors (Lipinski definition) is 1. The molecular weight excluding hydrogens is 206 g/mol. The summed E-state index contributed by atoms with van der Waals surface area (Å²) in [5.41, 5.74) is 5.67. The van der Waals surface area contributed by atoms with E-state index in [1.807, 2.05) is 0 Å². The van der Waals surface area contributed by atoms with Gasteiger partial charge in [0, 0.05) is 25.5 Å². The van der Waals surface area contributed by atoms with Crippen molar-refractivity contribution in [3.8, 4) is 5.88 Å². The Balaban J connectivity index is 2.09. The summed E-state index contributed by atoms with van der Waals surface area (Å²) in [5, 5.41) is 0. The van der Waals surface area contributed by atoms with Crippen LogP contribution in [0.2, 0.25) is 0 Å². The molecule has 1 saturated carbocycles. The zero-order valence-corrected chi connectivity index (χ0v) is 9.43. The van der Waals surface area contributed by atoms with Crippen molar-refractivity contribution in [2.24, 2.45) is 12.8 Å². The van der Waals surface area contributed by atoms with E-state index in [0.717, 1.165) is 25.7 Å². The lowest BCUT2D eigenvalue weighted by atomic mass is 9.94. The van der Waals surface area contributed by atoms with Crippen molar-refractivity contribution in [2.45, 2.75) is 37.8 Å². The number of nitrogens with two attached hydrogens (primary N) is 1.